The first-order valence-corrected chi connectivity index (χ1v) is 11.8. The van der Waals surface area contributed by atoms with Crippen LogP contribution in [-0.2, 0) is 24.2 Å². The number of carbonyl (C=O) groups is 1. The van der Waals surface area contributed by atoms with Gasteiger partial charge in [0.2, 0.25) is 5.91 Å². The Labute approximate surface area is 192 Å². The fourth-order valence-electron chi connectivity index (χ4n) is 4.67. The zero-order chi connectivity index (χ0) is 22.2. The summed E-state index contributed by atoms with van der Waals surface area (Å²) in [5.74, 6) is 1.65. The van der Waals surface area contributed by atoms with Crippen molar-refractivity contribution < 1.29 is 14.3 Å². The van der Waals surface area contributed by atoms with Gasteiger partial charge in [0.25, 0.3) is 0 Å². The van der Waals surface area contributed by atoms with E-state index in [4.69, 9.17) is 9.47 Å². The second-order valence-corrected chi connectivity index (χ2v) is 9.39. The highest BCUT2D eigenvalue weighted by Crippen LogP contribution is 2.35. The number of aromatic nitrogens is 1. The van der Waals surface area contributed by atoms with Crippen LogP contribution >= 0.6 is 11.3 Å². The Morgan fingerprint density at radius 2 is 1.78 bits per heavy atom. The Morgan fingerprint density at radius 1 is 1.03 bits per heavy atom. The van der Waals surface area contributed by atoms with Crippen molar-refractivity contribution in [2.75, 3.05) is 38.8 Å². The number of hydrogen-bond donors (Lipinski definition) is 0. The summed E-state index contributed by atoms with van der Waals surface area (Å²) in [6.07, 6.45) is 1.79. The molecule has 2 aliphatic rings. The summed E-state index contributed by atoms with van der Waals surface area (Å²) >= 11 is 1.66. The predicted octanol–water partition coefficient (Wildman–Crippen LogP) is 4.08. The van der Waals surface area contributed by atoms with Crippen LogP contribution in [-0.4, -0.2) is 49.6 Å². The minimum Gasteiger partial charge on any atom is -0.493 e. The zero-order valence-corrected chi connectivity index (χ0v) is 19.5. The molecule has 1 amide bonds. The smallest absolute Gasteiger partial charge is 0.241 e. The summed E-state index contributed by atoms with van der Waals surface area (Å²) in [5.41, 5.74) is 6.87. The fourth-order valence-corrected chi connectivity index (χ4v) is 5.29. The number of methoxy groups -OCH3 is 2. The highest BCUT2D eigenvalue weighted by molar-refractivity contribution is 7.09. The molecule has 3 aromatic rings. The van der Waals surface area contributed by atoms with Gasteiger partial charge in [-0.2, -0.15) is 0 Å². The molecule has 1 aromatic heterocycles. The average Bonchev–Trinajstić information content (AvgIpc) is 3.43. The maximum absolute atomic E-state index is 13.2. The second-order valence-electron chi connectivity index (χ2n) is 8.33. The molecule has 0 aliphatic carbocycles. The maximum Gasteiger partial charge on any atom is 0.241 e. The van der Waals surface area contributed by atoms with Gasteiger partial charge in [-0.25, -0.2) is 4.98 Å². The summed E-state index contributed by atoms with van der Waals surface area (Å²) in [7, 11) is 3.31. The predicted molar refractivity (Wildman–Crippen MR) is 127 cm³/mol. The Morgan fingerprint density at radius 3 is 2.50 bits per heavy atom. The molecule has 0 N–H and O–H groups in total. The van der Waals surface area contributed by atoms with E-state index in [1.165, 1.54) is 16.7 Å². The zero-order valence-electron chi connectivity index (χ0n) is 18.7. The van der Waals surface area contributed by atoms with Crippen molar-refractivity contribution in [3.05, 3.63) is 57.4 Å². The highest BCUT2D eigenvalue weighted by atomic mass is 32.1. The molecule has 5 rings (SSSR count). The van der Waals surface area contributed by atoms with E-state index < -0.39 is 0 Å². The number of carbonyl (C=O) groups excluding carboxylic acids is 1. The number of anilines is 1. The Hall–Kier alpha value is -2.90. The molecule has 2 aliphatic heterocycles. The average molecular weight is 450 g/mol. The Balaban J connectivity index is 1.29. The standard InChI is InChI=1S/C25H27N3O3S/c1-16-26-21(15-32-16)18-4-5-22-19(10-18)7-9-28(22)25(29)14-27-8-6-17-11-23(30-2)24(31-3)12-20(17)13-27/h4-5,10-12,15H,6-9,13-14H2,1-3H3. The SMILES string of the molecule is COc1cc2c(cc1OC)CN(CC(=O)N1CCc3cc(-c4csc(C)n4)ccc31)CC2. The molecular weight excluding hydrogens is 422 g/mol. The number of rotatable bonds is 5. The first-order chi connectivity index (χ1) is 15.6. The maximum atomic E-state index is 13.2. The van der Waals surface area contributed by atoms with Gasteiger partial charge in [0.15, 0.2) is 11.5 Å². The number of benzene rings is 2. The van der Waals surface area contributed by atoms with Crippen LogP contribution in [0, 0.1) is 6.92 Å². The lowest BCUT2D eigenvalue weighted by molar-refractivity contribution is -0.119. The number of thiazole rings is 1. The van der Waals surface area contributed by atoms with Gasteiger partial charge in [0, 0.05) is 36.3 Å². The van der Waals surface area contributed by atoms with Crippen LogP contribution < -0.4 is 14.4 Å². The van der Waals surface area contributed by atoms with Crippen LogP contribution in [0.3, 0.4) is 0 Å². The number of ether oxygens (including phenoxy) is 2. The van der Waals surface area contributed by atoms with E-state index in [2.05, 4.69) is 39.5 Å². The summed E-state index contributed by atoms with van der Waals surface area (Å²) in [6.45, 7) is 4.78. The summed E-state index contributed by atoms with van der Waals surface area (Å²) in [6, 6.07) is 10.4. The highest BCUT2D eigenvalue weighted by Gasteiger charge is 2.28. The van der Waals surface area contributed by atoms with Crippen molar-refractivity contribution in [1.82, 2.24) is 9.88 Å². The van der Waals surface area contributed by atoms with Crippen molar-refractivity contribution in [3.8, 4) is 22.8 Å². The van der Waals surface area contributed by atoms with Gasteiger partial charge in [-0.15, -0.1) is 11.3 Å². The monoisotopic (exact) mass is 449 g/mol. The van der Waals surface area contributed by atoms with E-state index in [0.29, 0.717) is 6.54 Å². The molecule has 0 atom stereocenters. The number of amides is 1. The molecule has 0 spiro atoms. The minimum absolute atomic E-state index is 0.157. The molecule has 6 nitrogen and oxygen atoms in total. The third kappa shape index (κ3) is 3.87. The molecule has 32 heavy (non-hydrogen) atoms. The lowest BCUT2D eigenvalue weighted by atomic mass is 9.99. The van der Waals surface area contributed by atoms with E-state index >= 15 is 0 Å². The quantitative estimate of drug-likeness (QED) is 0.587. The normalized spacial score (nSPS) is 15.4. The molecule has 0 radical (unpaired) electrons. The molecule has 7 heteroatoms. The lowest BCUT2D eigenvalue weighted by Crippen LogP contribution is -2.41. The van der Waals surface area contributed by atoms with Crippen LogP contribution in [0.2, 0.25) is 0 Å². The molecule has 0 saturated heterocycles. The molecule has 0 fully saturated rings. The van der Waals surface area contributed by atoms with Crippen molar-refractivity contribution in [2.24, 2.45) is 0 Å². The van der Waals surface area contributed by atoms with Gasteiger partial charge in [0.1, 0.15) is 0 Å². The first-order valence-electron chi connectivity index (χ1n) is 10.9. The molecule has 0 saturated carbocycles. The lowest BCUT2D eigenvalue weighted by Gasteiger charge is -2.30. The molecule has 2 aromatic carbocycles. The molecule has 0 unspecified atom stereocenters. The minimum atomic E-state index is 0.157. The molecule has 0 bridgehead atoms. The summed E-state index contributed by atoms with van der Waals surface area (Å²) in [4.78, 5) is 22.0. The van der Waals surface area contributed by atoms with Gasteiger partial charge in [-0.1, -0.05) is 6.07 Å². The van der Waals surface area contributed by atoms with Crippen LogP contribution in [0.5, 0.6) is 11.5 Å². The number of nitrogens with zero attached hydrogens (tertiary/aromatic N) is 3. The molecular formula is C25H27N3O3S. The Kier molecular flexibility index (Phi) is 5.61. The van der Waals surface area contributed by atoms with E-state index in [-0.39, 0.29) is 5.91 Å². The first kappa shape index (κ1) is 21.0. The third-order valence-electron chi connectivity index (χ3n) is 6.35. The summed E-state index contributed by atoms with van der Waals surface area (Å²) < 4.78 is 10.9. The second kappa shape index (κ2) is 8.56. The van der Waals surface area contributed by atoms with Gasteiger partial charge >= 0.3 is 0 Å². The Bertz CT molecular complexity index is 1170. The van der Waals surface area contributed by atoms with Crippen LogP contribution in [0.25, 0.3) is 11.3 Å². The van der Waals surface area contributed by atoms with Crippen LogP contribution in [0.15, 0.2) is 35.7 Å². The van der Waals surface area contributed by atoms with Crippen molar-refractivity contribution >= 4 is 22.9 Å². The molecule has 3 heterocycles. The van der Waals surface area contributed by atoms with Gasteiger partial charge in [-0.3, -0.25) is 9.69 Å². The van der Waals surface area contributed by atoms with E-state index in [0.717, 1.165) is 65.9 Å². The summed E-state index contributed by atoms with van der Waals surface area (Å²) in [5, 5.41) is 3.16. The van der Waals surface area contributed by atoms with Gasteiger partial charge in [-0.05, 0) is 60.7 Å². The number of hydrogen-bond acceptors (Lipinski definition) is 6. The van der Waals surface area contributed by atoms with Crippen LogP contribution in [0.4, 0.5) is 5.69 Å². The number of fused-ring (bicyclic) bond motifs is 2. The van der Waals surface area contributed by atoms with Gasteiger partial charge < -0.3 is 14.4 Å². The fraction of sp³-hybridized carbons (Fsp3) is 0.360. The van der Waals surface area contributed by atoms with Crippen molar-refractivity contribution in [3.63, 3.8) is 0 Å². The van der Waals surface area contributed by atoms with E-state index in [9.17, 15) is 4.79 Å². The molecule has 166 valence electrons. The van der Waals surface area contributed by atoms with Gasteiger partial charge in [0.05, 0.1) is 31.5 Å². The van der Waals surface area contributed by atoms with Crippen LogP contribution in [0.1, 0.15) is 21.7 Å². The largest absolute Gasteiger partial charge is 0.493 e. The number of aryl methyl sites for hydroxylation is 1. The third-order valence-corrected chi connectivity index (χ3v) is 7.12. The van der Waals surface area contributed by atoms with E-state index in [1.807, 2.05) is 17.9 Å². The van der Waals surface area contributed by atoms with Crippen molar-refractivity contribution in [1.29, 1.82) is 0 Å². The van der Waals surface area contributed by atoms with E-state index in [1.54, 1.807) is 25.6 Å². The topological polar surface area (TPSA) is 54.9 Å². The van der Waals surface area contributed by atoms with Crippen molar-refractivity contribution in [2.45, 2.75) is 26.3 Å².